The van der Waals surface area contributed by atoms with Gasteiger partial charge in [-0.25, -0.2) is 4.79 Å². The number of anilines is 1. The minimum Gasteiger partial charge on any atom is -0.493 e. The van der Waals surface area contributed by atoms with Gasteiger partial charge in [-0.3, -0.25) is 9.88 Å². The van der Waals surface area contributed by atoms with Gasteiger partial charge in [-0.1, -0.05) is 55.2 Å². The van der Waals surface area contributed by atoms with Crippen LogP contribution in [0.15, 0.2) is 67.0 Å². The smallest absolute Gasteiger partial charge is 0.324 e. The maximum Gasteiger partial charge on any atom is 0.324 e. The molecule has 1 fully saturated rings. The fourth-order valence-corrected chi connectivity index (χ4v) is 4.62. The number of halogens is 2. The van der Waals surface area contributed by atoms with Crippen LogP contribution in [0.3, 0.4) is 0 Å². The van der Waals surface area contributed by atoms with Gasteiger partial charge in [0.2, 0.25) is 0 Å². The van der Waals surface area contributed by atoms with Crippen molar-refractivity contribution in [3.63, 3.8) is 0 Å². The fourth-order valence-electron chi connectivity index (χ4n) is 4.11. The van der Waals surface area contributed by atoms with E-state index in [-0.39, 0.29) is 11.4 Å². The highest BCUT2D eigenvalue weighted by atomic mass is 35.5. The Morgan fingerprint density at radius 2 is 1.74 bits per heavy atom. The molecule has 0 radical (unpaired) electrons. The third-order valence-corrected chi connectivity index (χ3v) is 6.62. The zero-order valence-corrected chi connectivity index (χ0v) is 21.0. The first-order valence-corrected chi connectivity index (χ1v) is 12.2. The molecule has 1 aliphatic heterocycles. The SMILES string of the molecule is CC(C)(CCCN1CCN(c2ccncc2)C1=O)COc1ccc(-c2ccc(Cl)cc2Cl)cc1. The first-order chi connectivity index (χ1) is 16.3. The van der Waals surface area contributed by atoms with E-state index in [1.54, 1.807) is 18.5 Å². The predicted molar refractivity (Wildman–Crippen MR) is 139 cm³/mol. The van der Waals surface area contributed by atoms with Crippen LogP contribution >= 0.6 is 23.2 Å². The summed E-state index contributed by atoms with van der Waals surface area (Å²) >= 11 is 12.3. The molecule has 2 aromatic carbocycles. The molecule has 0 bridgehead atoms. The number of urea groups is 1. The maximum atomic E-state index is 12.7. The van der Waals surface area contributed by atoms with Crippen molar-refractivity contribution in [2.75, 3.05) is 31.1 Å². The van der Waals surface area contributed by atoms with Gasteiger partial charge in [0, 0.05) is 53.3 Å². The summed E-state index contributed by atoms with van der Waals surface area (Å²) in [5, 5.41) is 1.25. The number of aromatic nitrogens is 1. The van der Waals surface area contributed by atoms with Crippen molar-refractivity contribution in [3.05, 3.63) is 77.0 Å². The lowest BCUT2D eigenvalue weighted by molar-refractivity contribution is 0.161. The van der Waals surface area contributed by atoms with Crippen LogP contribution in [0.2, 0.25) is 10.0 Å². The number of hydrogen-bond donors (Lipinski definition) is 0. The number of amides is 2. The first kappa shape index (κ1) is 24.4. The molecule has 0 atom stereocenters. The van der Waals surface area contributed by atoms with E-state index in [9.17, 15) is 4.79 Å². The summed E-state index contributed by atoms with van der Waals surface area (Å²) in [5.41, 5.74) is 2.85. The molecule has 0 spiro atoms. The van der Waals surface area contributed by atoms with Crippen LogP contribution in [0.5, 0.6) is 5.75 Å². The Kier molecular flexibility index (Phi) is 7.64. The number of benzene rings is 2. The van der Waals surface area contributed by atoms with Gasteiger partial charge in [-0.2, -0.15) is 0 Å². The molecule has 0 N–H and O–H groups in total. The average Bonchev–Trinajstić information content (AvgIpc) is 3.19. The molecule has 4 rings (SSSR count). The van der Waals surface area contributed by atoms with Crippen molar-refractivity contribution in [2.45, 2.75) is 26.7 Å². The Morgan fingerprint density at radius 1 is 1.00 bits per heavy atom. The summed E-state index contributed by atoms with van der Waals surface area (Å²) in [7, 11) is 0. The van der Waals surface area contributed by atoms with E-state index in [1.807, 2.05) is 58.3 Å². The van der Waals surface area contributed by atoms with E-state index in [0.29, 0.717) is 23.2 Å². The van der Waals surface area contributed by atoms with Crippen LogP contribution in [-0.4, -0.2) is 42.2 Å². The number of ether oxygens (including phenoxy) is 1. The van der Waals surface area contributed by atoms with E-state index in [0.717, 1.165) is 48.5 Å². The number of nitrogens with zero attached hydrogens (tertiary/aromatic N) is 3. The molecule has 178 valence electrons. The Morgan fingerprint density at radius 3 is 2.44 bits per heavy atom. The molecule has 7 heteroatoms. The molecule has 0 aliphatic carbocycles. The number of carbonyl (C=O) groups excluding carboxylic acids is 1. The lowest BCUT2D eigenvalue weighted by Crippen LogP contribution is -2.33. The van der Waals surface area contributed by atoms with Gasteiger partial charge in [0.15, 0.2) is 0 Å². The highest BCUT2D eigenvalue weighted by molar-refractivity contribution is 6.36. The fraction of sp³-hybridized carbons (Fsp3) is 0.333. The van der Waals surface area contributed by atoms with Gasteiger partial charge in [-0.05, 0) is 60.2 Å². The van der Waals surface area contributed by atoms with Crippen molar-refractivity contribution in [1.29, 1.82) is 0 Å². The second-order valence-corrected chi connectivity index (χ2v) is 10.2. The van der Waals surface area contributed by atoms with E-state index in [4.69, 9.17) is 27.9 Å². The van der Waals surface area contributed by atoms with E-state index < -0.39 is 0 Å². The summed E-state index contributed by atoms with van der Waals surface area (Å²) in [6.07, 6.45) is 5.33. The quantitative estimate of drug-likeness (QED) is 0.314. The van der Waals surface area contributed by atoms with Gasteiger partial charge in [-0.15, -0.1) is 0 Å². The van der Waals surface area contributed by atoms with Gasteiger partial charge >= 0.3 is 6.03 Å². The zero-order chi connectivity index (χ0) is 24.1. The Labute approximate surface area is 211 Å². The van der Waals surface area contributed by atoms with Crippen molar-refractivity contribution < 1.29 is 9.53 Å². The van der Waals surface area contributed by atoms with E-state index >= 15 is 0 Å². The second kappa shape index (κ2) is 10.7. The third-order valence-electron chi connectivity index (χ3n) is 6.08. The van der Waals surface area contributed by atoms with E-state index in [2.05, 4.69) is 18.8 Å². The minimum absolute atomic E-state index is 0.00822. The van der Waals surface area contributed by atoms with Crippen molar-refractivity contribution in [2.24, 2.45) is 5.41 Å². The summed E-state index contributed by atoms with van der Waals surface area (Å²) in [6, 6.07) is 17.3. The van der Waals surface area contributed by atoms with Crippen LogP contribution in [-0.2, 0) is 0 Å². The highest BCUT2D eigenvalue weighted by Gasteiger charge is 2.29. The van der Waals surface area contributed by atoms with Crippen molar-refractivity contribution in [1.82, 2.24) is 9.88 Å². The van der Waals surface area contributed by atoms with Crippen molar-refractivity contribution >= 4 is 34.9 Å². The lowest BCUT2D eigenvalue weighted by Gasteiger charge is -2.26. The van der Waals surface area contributed by atoms with Crippen LogP contribution in [0, 0.1) is 5.41 Å². The van der Waals surface area contributed by atoms with E-state index in [1.165, 1.54) is 0 Å². The molecule has 1 aromatic heterocycles. The van der Waals surface area contributed by atoms with Crippen LogP contribution in [0.4, 0.5) is 10.5 Å². The molecule has 3 aromatic rings. The second-order valence-electron chi connectivity index (χ2n) is 9.33. The number of hydrogen-bond acceptors (Lipinski definition) is 3. The Balaban J connectivity index is 1.24. The minimum atomic E-state index is -0.00822. The molecule has 2 amide bonds. The maximum absolute atomic E-state index is 12.7. The zero-order valence-electron chi connectivity index (χ0n) is 19.5. The summed E-state index contributed by atoms with van der Waals surface area (Å²) in [4.78, 5) is 20.5. The monoisotopic (exact) mass is 497 g/mol. The summed E-state index contributed by atoms with van der Waals surface area (Å²) in [6.45, 7) is 7.22. The molecular formula is C27H29Cl2N3O2. The molecule has 0 saturated carbocycles. The van der Waals surface area contributed by atoms with Gasteiger partial charge in [0.1, 0.15) is 5.75 Å². The summed E-state index contributed by atoms with van der Waals surface area (Å²) < 4.78 is 6.08. The third kappa shape index (κ3) is 6.02. The number of carbonyl (C=O) groups is 1. The predicted octanol–water partition coefficient (Wildman–Crippen LogP) is 7.18. The molecule has 1 aliphatic rings. The molecule has 1 saturated heterocycles. The Bertz CT molecular complexity index is 1120. The highest BCUT2D eigenvalue weighted by Crippen LogP contribution is 2.32. The van der Waals surface area contributed by atoms with Crippen LogP contribution < -0.4 is 9.64 Å². The van der Waals surface area contributed by atoms with Crippen LogP contribution in [0.25, 0.3) is 11.1 Å². The van der Waals surface area contributed by atoms with Crippen LogP contribution in [0.1, 0.15) is 26.7 Å². The van der Waals surface area contributed by atoms with Crippen molar-refractivity contribution in [3.8, 4) is 16.9 Å². The standard InChI is InChI=1S/C27H29Cl2N3O2/c1-27(2,12-3-15-31-16-17-32(26(31)33)22-10-13-30-14-11-22)19-34-23-7-4-20(5-8-23)24-9-6-21(28)18-25(24)29/h4-11,13-14,18H,3,12,15-17,19H2,1-2H3. The average molecular weight is 498 g/mol. The molecule has 34 heavy (non-hydrogen) atoms. The normalized spacial score (nSPS) is 14.1. The molecule has 2 heterocycles. The van der Waals surface area contributed by atoms with Gasteiger partial charge < -0.3 is 9.64 Å². The number of pyridine rings is 1. The summed E-state index contributed by atoms with van der Waals surface area (Å²) in [5.74, 6) is 0.824. The molecule has 5 nitrogen and oxygen atoms in total. The van der Waals surface area contributed by atoms with Gasteiger partial charge in [0.25, 0.3) is 0 Å². The van der Waals surface area contributed by atoms with Gasteiger partial charge in [0.05, 0.1) is 6.61 Å². The molecular weight excluding hydrogens is 469 g/mol. The topological polar surface area (TPSA) is 45.7 Å². The Hall–Kier alpha value is -2.76. The largest absolute Gasteiger partial charge is 0.493 e. The molecule has 0 unspecified atom stereocenters. The number of rotatable bonds is 9. The first-order valence-electron chi connectivity index (χ1n) is 11.5. The lowest BCUT2D eigenvalue weighted by atomic mass is 9.89.